The van der Waals surface area contributed by atoms with Gasteiger partial charge in [0.2, 0.25) is 11.8 Å². The summed E-state index contributed by atoms with van der Waals surface area (Å²) in [5, 5.41) is 11.6. The second kappa shape index (κ2) is 4.42. The molecule has 5 nitrogen and oxygen atoms in total. The predicted molar refractivity (Wildman–Crippen MR) is 59.9 cm³/mol. The zero-order chi connectivity index (χ0) is 12.3. The number of carbonyl (C=O) groups excluding carboxylic acids is 1. The Morgan fingerprint density at radius 2 is 2.41 bits per heavy atom. The Hall–Kier alpha value is -2.09. The molecule has 1 aliphatic rings. The summed E-state index contributed by atoms with van der Waals surface area (Å²) in [6, 6.07) is 5.63. The van der Waals surface area contributed by atoms with Crippen LogP contribution in [-0.2, 0) is 11.3 Å². The number of hydrogen-bond acceptors (Lipinski definition) is 4. The minimum atomic E-state index is -0.764. The third-order valence-electron chi connectivity index (χ3n) is 2.86. The zero-order valence-electron chi connectivity index (χ0n) is 9.56. The van der Waals surface area contributed by atoms with Crippen molar-refractivity contribution in [1.29, 1.82) is 5.26 Å². The summed E-state index contributed by atoms with van der Waals surface area (Å²) < 4.78 is 4.93. The summed E-state index contributed by atoms with van der Waals surface area (Å²) in [4.78, 5) is 15.7. The minimum Gasteiger partial charge on any atom is -0.481 e. The number of amides is 1. The van der Waals surface area contributed by atoms with Crippen LogP contribution in [-0.4, -0.2) is 18.0 Å². The highest BCUT2D eigenvalue weighted by molar-refractivity contribution is 5.88. The summed E-state index contributed by atoms with van der Waals surface area (Å²) in [6.45, 7) is 0.388. The number of carbonyl (C=O) groups is 1. The van der Waals surface area contributed by atoms with Gasteiger partial charge >= 0.3 is 0 Å². The highest BCUT2D eigenvalue weighted by Gasteiger charge is 2.50. The molecule has 1 N–H and O–H groups in total. The second-order valence-electron chi connectivity index (χ2n) is 4.09. The Labute approximate surface area is 99.4 Å². The maximum Gasteiger partial charge on any atom is 0.240 e. The van der Waals surface area contributed by atoms with Crippen molar-refractivity contribution in [1.82, 2.24) is 10.3 Å². The molecule has 1 aromatic rings. The molecular formula is C12H13N3O2. The number of aromatic nitrogens is 1. The molecule has 2 rings (SSSR count). The summed E-state index contributed by atoms with van der Waals surface area (Å²) in [7, 11) is 1.55. The Morgan fingerprint density at radius 3 is 2.88 bits per heavy atom. The molecule has 0 saturated heterocycles. The first-order valence-electron chi connectivity index (χ1n) is 5.39. The van der Waals surface area contributed by atoms with E-state index in [9.17, 15) is 4.79 Å². The van der Waals surface area contributed by atoms with Crippen molar-refractivity contribution in [2.45, 2.75) is 19.4 Å². The normalized spacial score (nSPS) is 15.8. The van der Waals surface area contributed by atoms with Crippen LogP contribution in [0.1, 0.15) is 18.4 Å². The van der Waals surface area contributed by atoms with E-state index >= 15 is 0 Å². The first-order valence-corrected chi connectivity index (χ1v) is 5.39. The zero-order valence-corrected chi connectivity index (χ0v) is 9.56. The van der Waals surface area contributed by atoms with Crippen molar-refractivity contribution in [3.63, 3.8) is 0 Å². The molecule has 5 heteroatoms. The van der Waals surface area contributed by atoms with Gasteiger partial charge in [0.25, 0.3) is 0 Å². The van der Waals surface area contributed by atoms with Gasteiger partial charge in [-0.3, -0.25) is 4.79 Å². The average molecular weight is 231 g/mol. The molecule has 1 heterocycles. The fraction of sp³-hybridized carbons (Fsp3) is 0.417. The quantitative estimate of drug-likeness (QED) is 0.839. The van der Waals surface area contributed by atoms with Gasteiger partial charge < -0.3 is 10.1 Å². The van der Waals surface area contributed by atoms with Gasteiger partial charge in [0.15, 0.2) is 0 Å². The fourth-order valence-electron chi connectivity index (χ4n) is 1.50. The SMILES string of the molecule is COc1ccc(CNC(=O)C2(C#N)CC2)cn1. The molecule has 1 aromatic heterocycles. The monoisotopic (exact) mass is 231 g/mol. The summed E-state index contributed by atoms with van der Waals surface area (Å²) >= 11 is 0. The molecule has 0 unspecified atom stereocenters. The van der Waals surface area contributed by atoms with Crippen molar-refractivity contribution < 1.29 is 9.53 Å². The van der Waals surface area contributed by atoms with Crippen LogP contribution in [0.4, 0.5) is 0 Å². The summed E-state index contributed by atoms with van der Waals surface area (Å²) in [6.07, 6.45) is 2.97. The van der Waals surface area contributed by atoms with Crippen molar-refractivity contribution in [2.24, 2.45) is 5.41 Å². The molecule has 1 saturated carbocycles. The largest absolute Gasteiger partial charge is 0.481 e. The molecular weight excluding hydrogens is 218 g/mol. The molecule has 0 radical (unpaired) electrons. The Balaban J connectivity index is 1.90. The third kappa shape index (κ3) is 2.36. The van der Waals surface area contributed by atoms with Gasteiger partial charge in [0, 0.05) is 18.8 Å². The number of pyridine rings is 1. The highest BCUT2D eigenvalue weighted by Crippen LogP contribution is 2.44. The van der Waals surface area contributed by atoms with E-state index in [0.717, 1.165) is 5.56 Å². The van der Waals surface area contributed by atoms with Crippen LogP contribution in [0.3, 0.4) is 0 Å². The van der Waals surface area contributed by atoms with Crippen molar-refractivity contribution in [3.05, 3.63) is 23.9 Å². The standard InChI is InChI=1S/C12H13N3O2/c1-17-10-3-2-9(6-14-10)7-15-11(16)12(8-13)4-5-12/h2-3,6H,4-5,7H2,1H3,(H,15,16). The number of hydrogen-bond donors (Lipinski definition) is 1. The molecule has 1 fully saturated rings. The van der Waals surface area contributed by atoms with Gasteiger partial charge in [-0.05, 0) is 18.4 Å². The maximum atomic E-state index is 11.7. The van der Waals surface area contributed by atoms with E-state index < -0.39 is 5.41 Å². The third-order valence-corrected chi connectivity index (χ3v) is 2.86. The number of nitriles is 1. The number of nitrogens with one attached hydrogen (secondary N) is 1. The van der Waals surface area contributed by atoms with Crippen molar-refractivity contribution >= 4 is 5.91 Å². The first kappa shape index (κ1) is 11.4. The van der Waals surface area contributed by atoms with Gasteiger partial charge in [-0.15, -0.1) is 0 Å². The molecule has 0 spiro atoms. The summed E-state index contributed by atoms with van der Waals surface area (Å²) in [5.74, 6) is 0.353. The van der Waals surface area contributed by atoms with E-state index in [0.29, 0.717) is 25.3 Å². The molecule has 0 atom stereocenters. The van der Waals surface area contributed by atoms with E-state index in [1.807, 2.05) is 6.07 Å². The van der Waals surface area contributed by atoms with Gasteiger partial charge in [-0.25, -0.2) is 4.98 Å². The Bertz CT molecular complexity index is 458. The van der Waals surface area contributed by atoms with Crippen LogP contribution >= 0.6 is 0 Å². The van der Waals surface area contributed by atoms with Gasteiger partial charge in [0.1, 0.15) is 5.41 Å². The van der Waals surface area contributed by atoms with E-state index in [4.69, 9.17) is 10.00 Å². The first-order chi connectivity index (χ1) is 8.20. The van der Waals surface area contributed by atoms with Crippen LogP contribution in [0.2, 0.25) is 0 Å². The lowest BCUT2D eigenvalue weighted by Crippen LogP contribution is -2.30. The van der Waals surface area contributed by atoms with Crippen molar-refractivity contribution in [3.8, 4) is 11.9 Å². The molecule has 1 amide bonds. The van der Waals surface area contributed by atoms with E-state index in [1.54, 1.807) is 19.4 Å². The molecule has 0 aromatic carbocycles. The van der Waals surface area contributed by atoms with E-state index in [1.165, 1.54) is 0 Å². The molecule has 0 aliphatic heterocycles. The van der Waals surface area contributed by atoms with Crippen molar-refractivity contribution in [2.75, 3.05) is 7.11 Å². The van der Waals surface area contributed by atoms with Gasteiger partial charge in [-0.1, -0.05) is 6.07 Å². The van der Waals surface area contributed by atoms with Gasteiger partial charge in [0.05, 0.1) is 13.2 Å². The lowest BCUT2D eigenvalue weighted by atomic mass is 10.1. The predicted octanol–water partition coefficient (Wildman–Crippen LogP) is 1.01. The minimum absolute atomic E-state index is 0.184. The van der Waals surface area contributed by atoms with Gasteiger partial charge in [-0.2, -0.15) is 5.26 Å². The van der Waals surface area contributed by atoms with Crippen LogP contribution < -0.4 is 10.1 Å². The number of methoxy groups -OCH3 is 1. The Kier molecular flexibility index (Phi) is 2.96. The van der Waals surface area contributed by atoms with Crippen LogP contribution in [0.5, 0.6) is 5.88 Å². The highest BCUT2D eigenvalue weighted by atomic mass is 16.5. The topological polar surface area (TPSA) is 75.0 Å². The van der Waals surface area contributed by atoms with E-state index in [2.05, 4.69) is 16.4 Å². The number of rotatable bonds is 4. The molecule has 0 bridgehead atoms. The average Bonchev–Trinajstić information content (AvgIpc) is 3.17. The summed E-state index contributed by atoms with van der Waals surface area (Å²) in [5.41, 5.74) is 0.118. The smallest absolute Gasteiger partial charge is 0.240 e. The second-order valence-corrected chi connectivity index (χ2v) is 4.09. The molecule has 1 aliphatic carbocycles. The number of nitrogens with zero attached hydrogens (tertiary/aromatic N) is 2. The Morgan fingerprint density at radius 1 is 1.65 bits per heavy atom. The van der Waals surface area contributed by atoms with Crippen LogP contribution in [0.25, 0.3) is 0 Å². The van der Waals surface area contributed by atoms with Crippen LogP contribution in [0.15, 0.2) is 18.3 Å². The number of ether oxygens (including phenoxy) is 1. The maximum absolute atomic E-state index is 11.7. The van der Waals surface area contributed by atoms with Crippen LogP contribution in [0, 0.1) is 16.7 Å². The molecule has 88 valence electrons. The molecule has 17 heavy (non-hydrogen) atoms. The fourth-order valence-corrected chi connectivity index (χ4v) is 1.50. The lowest BCUT2D eigenvalue weighted by Gasteiger charge is -2.08. The van der Waals surface area contributed by atoms with E-state index in [-0.39, 0.29) is 5.91 Å². The lowest BCUT2D eigenvalue weighted by molar-refractivity contribution is -0.124.